The summed E-state index contributed by atoms with van der Waals surface area (Å²) >= 11 is 0. The number of benzene rings is 1. The Labute approximate surface area is 210 Å². The highest BCUT2D eigenvalue weighted by atomic mass is 16.6. The van der Waals surface area contributed by atoms with E-state index in [9.17, 15) is 9.59 Å². The van der Waals surface area contributed by atoms with E-state index < -0.39 is 5.60 Å². The summed E-state index contributed by atoms with van der Waals surface area (Å²) in [5.74, 6) is 1.01. The summed E-state index contributed by atoms with van der Waals surface area (Å²) in [6.07, 6.45) is 4.18. The van der Waals surface area contributed by atoms with E-state index in [2.05, 4.69) is 44.1 Å². The Morgan fingerprint density at radius 2 is 1.71 bits per heavy atom. The van der Waals surface area contributed by atoms with Gasteiger partial charge in [-0.1, -0.05) is 37.3 Å². The first-order valence-corrected chi connectivity index (χ1v) is 12.6. The quantitative estimate of drug-likeness (QED) is 0.472. The SMILES string of the molecule is CC(=O)c1ccc(CC2CC[C@H]([C@H](C)c3ccc(NC(C)(C)C)nc3)N2C(=O)OC(C)(C)C)cc1. The highest BCUT2D eigenvalue weighted by molar-refractivity contribution is 5.94. The van der Waals surface area contributed by atoms with E-state index in [-0.39, 0.29) is 35.4 Å². The molecule has 0 bridgehead atoms. The number of anilines is 1. The van der Waals surface area contributed by atoms with E-state index in [1.807, 2.05) is 62.2 Å². The molecule has 3 atom stereocenters. The normalized spacial score (nSPS) is 19.4. The number of Topliss-reactive ketones (excluding diaryl/α,β-unsaturated/α-hetero) is 1. The summed E-state index contributed by atoms with van der Waals surface area (Å²) in [6.45, 7) is 15.8. The molecular weight excluding hydrogens is 438 g/mol. The zero-order valence-corrected chi connectivity index (χ0v) is 22.5. The summed E-state index contributed by atoms with van der Waals surface area (Å²) in [7, 11) is 0. The summed E-state index contributed by atoms with van der Waals surface area (Å²) in [5.41, 5.74) is 2.29. The minimum atomic E-state index is -0.566. The van der Waals surface area contributed by atoms with Crippen molar-refractivity contribution in [3.8, 4) is 0 Å². The Balaban J connectivity index is 1.82. The fourth-order valence-electron chi connectivity index (χ4n) is 4.71. The number of likely N-dealkylation sites (tertiary alicyclic amines) is 1. The molecule has 1 fully saturated rings. The van der Waals surface area contributed by atoms with Crippen molar-refractivity contribution in [2.45, 2.75) is 104 Å². The molecule has 0 aliphatic carbocycles. The van der Waals surface area contributed by atoms with Crippen LogP contribution in [0.4, 0.5) is 10.6 Å². The lowest BCUT2D eigenvalue weighted by molar-refractivity contribution is 0.0126. The number of nitrogens with one attached hydrogen (secondary N) is 1. The Bertz CT molecular complexity index is 1020. The molecule has 1 amide bonds. The van der Waals surface area contributed by atoms with Gasteiger partial charge in [0.1, 0.15) is 11.4 Å². The van der Waals surface area contributed by atoms with Crippen LogP contribution in [0.2, 0.25) is 0 Å². The van der Waals surface area contributed by atoms with Crippen molar-refractivity contribution in [3.63, 3.8) is 0 Å². The van der Waals surface area contributed by atoms with Gasteiger partial charge in [0.25, 0.3) is 0 Å². The first kappa shape index (κ1) is 26.7. The number of hydrogen-bond donors (Lipinski definition) is 1. The van der Waals surface area contributed by atoms with E-state index in [0.717, 1.165) is 36.2 Å². The maximum Gasteiger partial charge on any atom is 0.410 e. The van der Waals surface area contributed by atoms with Gasteiger partial charge < -0.3 is 15.0 Å². The lowest BCUT2D eigenvalue weighted by Gasteiger charge is -2.35. The van der Waals surface area contributed by atoms with Gasteiger partial charge in [0.15, 0.2) is 5.78 Å². The number of ketones is 1. The number of rotatable bonds is 6. The third-order valence-electron chi connectivity index (χ3n) is 6.37. The number of carbonyl (C=O) groups excluding carboxylic acids is 2. The van der Waals surface area contributed by atoms with Gasteiger partial charge in [-0.3, -0.25) is 4.79 Å². The van der Waals surface area contributed by atoms with Crippen LogP contribution in [-0.4, -0.2) is 45.0 Å². The Morgan fingerprint density at radius 3 is 2.23 bits per heavy atom. The average Bonchev–Trinajstić information content (AvgIpc) is 3.15. The molecule has 2 aromatic rings. The van der Waals surface area contributed by atoms with Gasteiger partial charge in [-0.2, -0.15) is 0 Å². The molecule has 1 aliphatic heterocycles. The minimum Gasteiger partial charge on any atom is -0.444 e. The molecule has 1 saturated heterocycles. The Hall–Kier alpha value is -2.89. The van der Waals surface area contributed by atoms with Gasteiger partial charge in [-0.15, -0.1) is 0 Å². The fraction of sp³-hybridized carbons (Fsp3) is 0.552. The summed E-state index contributed by atoms with van der Waals surface area (Å²) in [5, 5.41) is 3.40. The van der Waals surface area contributed by atoms with Crippen LogP contribution in [0.1, 0.15) is 95.6 Å². The molecule has 1 N–H and O–H groups in total. The van der Waals surface area contributed by atoms with E-state index in [4.69, 9.17) is 4.74 Å². The molecule has 3 rings (SSSR count). The van der Waals surface area contributed by atoms with Crippen molar-refractivity contribution >= 4 is 17.7 Å². The van der Waals surface area contributed by atoms with Crippen LogP contribution in [0.25, 0.3) is 0 Å². The first-order valence-electron chi connectivity index (χ1n) is 12.6. The van der Waals surface area contributed by atoms with Crippen molar-refractivity contribution < 1.29 is 14.3 Å². The molecule has 1 aromatic heterocycles. The smallest absolute Gasteiger partial charge is 0.410 e. The predicted molar refractivity (Wildman–Crippen MR) is 141 cm³/mol. The van der Waals surface area contributed by atoms with Crippen molar-refractivity contribution in [3.05, 3.63) is 59.3 Å². The van der Waals surface area contributed by atoms with Gasteiger partial charge in [0.2, 0.25) is 0 Å². The van der Waals surface area contributed by atoms with Crippen molar-refractivity contribution in [1.29, 1.82) is 0 Å². The molecule has 1 aliphatic rings. The van der Waals surface area contributed by atoms with E-state index in [1.165, 1.54) is 0 Å². The summed E-state index contributed by atoms with van der Waals surface area (Å²) in [4.78, 5) is 31.6. The fourth-order valence-corrected chi connectivity index (χ4v) is 4.71. The maximum absolute atomic E-state index is 13.4. The van der Waals surface area contributed by atoms with Crippen molar-refractivity contribution in [2.75, 3.05) is 5.32 Å². The highest BCUT2D eigenvalue weighted by Crippen LogP contribution is 2.37. The highest BCUT2D eigenvalue weighted by Gasteiger charge is 2.42. The minimum absolute atomic E-state index is 0.0227. The van der Waals surface area contributed by atoms with Crippen LogP contribution < -0.4 is 5.32 Å². The second kappa shape index (κ2) is 10.4. The largest absolute Gasteiger partial charge is 0.444 e. The Morgan fingerprint density at radius 1 is 1.06 bits per heavy atom. The second-order valence-corrected chi connectivity index (χ2v) is 11.8. The third-order valence-corrected chi connectivity index (χ3v) is 6.37. The molecule has 0 saturated carbocycles. The van der Waals surface area contributed by atoms with Gasteiger partial charge >= 0.3 is 6.09 Å². The number of nitrogens with zero attached hydrogens (tertiary/aromatic N) is 2. The van der Waals surface area contributed by atoms with Crippen LogP contribution in [0.15, 0.2) is 42.6 Å². The molecule has 1 aromatic carbocycles. The molecule has 0 radical (unpaired) electrons. The third kappa shape index (κ3) is 7.30. The molecular formula is C29H41N3O3. The average molecular weight is 480 g/mol. The number of ether oxygens (including phenoxy) is 1. The lowest BCUT2D eigenvalue weighted by atomic mass is 9.93. The van der Waals surface area contributed by atoms with Crippen molar-refractivity contribution in [2.24, 2.45) is 0 Å². The van der Waals surface area contributed by atoms with Gasteiger partial charge in [-0.05, 0) is 84.9 Å². The molecule has 0 spiro atoms. The van der Waals surface area contributed by atoms with E-state index >= 15 is 0 Å². The van der Waals surface area contributed by atoms with Crippen LogP contribution >= 0.6 is 0 Å². The molecule has 6 heteroatoms. The van der Waals surface area contributed by atoms with Crippen LogP contribution in [-0.2, 0) is 11.2 Å². The van der Waals surface area contributed by atoms with Crippen LogP contribution in [0, 0.1) is 0 Å². The predicted octanol–water partition coefficient (Wildman–Crippen LogP) is 6.61. The second-order valence-electron chi connectivity index (χ2n) is 11.8. The van der Waals surface area contributed by atoms with Crippen molar-refractivity contribution in [1.82, 2.24) is 9.88 Å². The van der Waals surface area contributed by atoms with E-state index in [1.54, 1.807) is 6.92 Å². The lowest BCUT2D eigenvalue weighted by Crippen LogP contribution is -2.46. The first-order chi connectivity index (χ1) is 16.2. The summed E-state index contributed by atoms with van der Waals surface area (Å²) in [6, 6.07) is 11.9. The zero-order valence-electron chi connectivity index (χ0n) is 22.5. The maximum atomic E-state index is 13.4. The Kier molecular flexibility index (Phi) is 7.93. The van der Waals surface area contributed by atoms with Gasteiger partial charge in [0, 0.05) is 35.3 Å². The number of carbonyl (C=O) groups is 2. The molecule has 6 nitrogen and oxygen atoms in total. The molecule has 190 valence electrons. The van der Waals surface area contributed by atoms with Gasteiger partial charge in [-0.25, -0.2) is 9.78 Å². The number of amides is 1. The van der Waals surface area contributed by atoms with Crippen LogP contribution in [0.3, 0.4) is 0 Å². The topological polar surface area (TPSA) is 71.5 Å². The molecule has 2 heterocycles. The monoisotopic (exact) mass is 479 g/mol. The summed E-state index contributed by atoms with van der Waals surface area (Å²) < 4.78 is 5.85. The number of pyridine rings is 1. The van der Waals surface area contributed by atoms with Crippen LogP contribution in [0.5, 0.6) is 0 Å². The zero-order chi connectivity index (χ0) is 26.0. The molecule has 1 unspecified atom stereocenters. The number of hydrogen-bond acceptors (Lipinski definition) is 5. The van der Waals surface area contributed by atoms with E-state index in [0.29, 0.717) is 5.56 Å². The standard InChI is InChI=1S/C29H41N3O3/c1-19(23-13-16-26(30-18-23)31-28(3,4)5)25-15-14-24(32(25)27(34)35-29(6,7)8)17-21-9-11-22(12-10-21)20(2)33/h9-13,16,18-19,24-25H,14-15,17H2,1-8H3,(H,30,31)/t19-,24?,25-/m1/s1. The van der Waals surface area contributed by atoms with Gasteiger partial charge in [0.05, 0.1) is 0 Å². The molecule has 35 heavy (non-hydrogen) atoms. The number of aromatic nitrogens is 1.